The third kappa shape index (κ3) is 3.39. The maximum absolute atomic E-state index is 13.5. The van der Waals surface area contributed by atoms with Crippen molar-refractivity contribution >= 4 is 17.5 Å². The lowest BCUT2D eigenvalue weighted by atomic mass is 10.1. The number of fused-ring (bicyclic) bond motifs is 1. The van der Waals surface area contributed by atoms with Crippen molar-refractivity contribution in [3.63, 3.8) is 0 Å². The van der Waals surface area contributed by atoms with E-state index in [-0.39, 0.29) is 24.2 Å². The van der Waals surface area contributed by atoms with Gasteiger partial charge in [0.25, 0.3) is 11.8 Å². The van der Waals surface area contributed by atoms with Crippen LogP contribution in [0.25, 0.3) is 0 Å². The molecule has 2 fully saturated rings. The van der Waals surface area contributed by atoms with Crippen LogP contribution < -0.4 is 4.90 Å². The molecule has 2 heterocycles. The summed E-state index contributed by atoms with van der Waals surface area (Å²) in [6, 6.07) is 12.3. The molecule has 5 nitrogen and oxygen atoms in total. The van der Waals surface area contributed by atoms with Crippen molar-refractivity contribution in [1.29, 1.82) is 0 Å². The van der Waals surface area contributed by atoms with Crippen LogP contribution in [0.15, 0.2) is 42.5 Å². The quantitative estimate of drug-likeness (QED) is 0.725. The smallest absolute Gasteiger partial charge is 0.263 e. The summed E-state index contributed by atoms with van der Waals surface area (Å²) in [5, 5.41) is 0. The first kappa shape index (κ1) is 19.2. The van der Waals surface area contributed by atoms with Crippen molar-refractivity contribution in [1.82, 2.24) is 9.80 Å². The Bertz CT molecular complexity index is 978. The van der Waals surface area contributed by atoms with E-state index in [0.29, 0.717) is 22.7 Å². The lowest BCUT2D eigenvalue weighted by Gasteiger charge is -2.39. The van der Waals surface area contributed by atoms with Crippen molar-refractivity contribution in [2.24, 2.45) is 0 Å². The maximum atomic E-state index is 13.5. The molecule has 2 aromatic rings. The van der Waals surface area contributed by atoms with Gasteiger partial charge in [-0.3, -0.25) is 19.4 Å². The number of carbonyl (C=O) groups is 2. The standard InChI is InChI=1S/C24H26FN3O2/c25-18-6-3-5-17(15-18)16-28-23(29)20-9-4-10-21(22(20)24(28)30)27-13-11-26(12-14-27)19-7-1-2-8-19/h3-6,9-10,15,19H,1-2,7-8,11-14,16H2. The summed E-state index contributed by atoms with van der Waals surface area (Å²) in [4.78, 5) is 32.2. The van der Waals surface area contributed by atoms with Crippen LogP contribution in [0.3, 0.4) is 0 Å². The van der Waals surface area contributed by atoms with Crippen molar-refractivity contribution < 1.29 is 14.0 Å². The molecule has 2 aromatic carbocycles. The molecule has 0 N–H and O–H groups in total. The molecule has 5 rings (SSSR count). The largest absolute Gasteiger partial charge is 0.368 e. The fraction of sp³-hybridized carbons (Fsp3) is 0.417. The lowest BCUT2D eigenvalue weighted by molar-refractivity contribution is 0.0642. The van der Waals surface area contributed by atoms with Crippen LogP contribution in [-0.4, -0.2) is 53.8 Å². The molecule has 0 atom stereocenters. The van der Waals surface area contributed by atoms with Crippen LogP contribution in [-0.2, 0) is 6.54 Å². The summed E-state index contributed by atoms with van der Waals surface area (Å²) in [5.41, 5.74) is 2.40. The van der Waals surface area contributed by atoms with Crippen LogP contribution >= 0.6 is 0 Å². The van der Waals surface area contributed by atoms with E-state index in [1.807, 2.05) is 12.1 Å². The number of halogens is 1. The third-order valence-electron chi connectivity index (χ3n) is 6.70. The van der Waals surface area contributed by atoms with Crippen molar-refractivity contribution in [3.8, 4) is 0 Å². The van der Waals surface area contributed by atoms with Crippen LogP contribution in [0, 0.1) is 5.82 Å². The van der Waals surface area contributed by atoms with Gasteiger partial charge in [-0.15, -0.1) is 0 Å². The Morgan fingerprint density at radius 3 is 2.37 bits per heavy atom. The van der Waals surface area contributed by atoms with Gasteiger partial charge in [0, 0.05) is 32.2 Å². The molecular weight excluding hydrogens is 381 g/mol. The summed E-state index contributed by atoms with van der Waals surface area (Å²) >= 11 is 0. The monoisotopic (exact) mass is 407 g/mol. The summed E-state index contributed by atoms with van der Waals surface area (Å²) in [6.45, 7) is 3.78. The van der Waals surface area contributed by atoms with Crippen molar-refractivity contribution in [2.45, 2.75) is 38.3 Å². The number of benzene rings is 2. The van der Waals surface area contributed by atoms with Gasteiger partial charge in [0.05, 0.1) is 23.4 Å². The first-order valence-electron chi connectivity index (χ1n) is 10.8. The molecule has 3 aliphatic rings. The van der Waals surface area contributed by atoms with E-state index in [2.05, 4.69) is 9.80 Å². The number of piperazine rings is 1. The third-order valence-corrected chi connectivity index (χ3v) is 6.70. The zero-order chi connectivity index (χ0) is 20.7. The number of anilines is 1. The van der Waals surface area contributed by atoms with Crippen LogP contribution in [0.2, 0.25) is 0 Å². The molecule has 1 aliphatic carbocycles. The Morgan fingerprint density at radius 1 is 0.900 bits per heavy atom. The predicted octanol–water partition coefficient (Wildman–Crippen LogP) is 3.69. The first-order valence-corrected chi connectivity index (χ1v) is 10.8. The van der Waals surface area contributed by atoms with Gasteiger partial charge in [0.2, 0.25) is 0 Å². The molecule has 0 radical (unpaired) electrons. The Kier molecular flexibility index (Phi) is 5.03. The molecule has 0 aromatic heterocycles. The van der Waals surface area contributed by atoms with Gasteiger partial charge in [-0.25, -0.2) is 4.39 Å². The SMILES string of the molecule is O=C1c2cccc(N3CCN(C4CCCC4)CC3)c2C(=O)N1Cc1cccc(F)c1. The molecule has 30 heavy (non-hydrogen) atoms. The minimum absolute atomic E-state index is 0.0823. The molecule has 1 saturated carbocycles. The molecule has 2 aliphatic heterocycles. The van der Waals surface area contributed by atoms with Crippen molar-refractivity contribution in [3.05, 3.63) is 65.0 Å². The molecule has 156 valence electrons. The number of amides is 2. The summed E-state index contributed by atoms with van der Waals surface area (Å²) in [6.07, 6.45) is 5.25. The fourth-order valence-corrected chi connectivity index (χ4v) is 5.14. The van der Waals surface area contributed by atoms with Gasteiger partial charge >= 0.3 is 0 Å². The first-order chi connectivity index (χ1) is 14.6. The van der Waals surface area contributed by atoms with Crippen molar-refractivity contribution in [2.75, 3.05) is 31.1 Å². The topological polar surface area (TPSA) is 43.9 Å². The van der Waals surface area contributed by atoms with E-state index in [9.17, 15) is 14.0 Å². The van der Waals surface area contributed by atoms with Crippen LogP contribution in [0.1, 0.15) is 52.0 Å². The summed E-state index contributed by atoms with van der Waals surface area (Å²) < 4.78 is 13.5. The number of hydrogen-bond acceptors (Lipinski definition) is 4. The number of nitrogens with zero attached hydrogens (tertiary/aromatic N) is 3. The van der Waals surface area contributed by atoms with Crippen LogP contribution in [0.5, 0.6) is 0 Å². The highest BCUT2D eigenvalue weighted by Gasteiger charge is 2.39. The second kappa shape index (κ2) is 7.84. The van der Waals surface area contributed by atoms with Gasteiger partial charge < -0.3 is 4.90 Å². The number of imide groups is 1. The Morgan fingerprint density at radius 2 is 1.63 bits per heavy atom. The normalized spacial score (nSPS) is 20.3. The molecule has 1 saturated heterocycles. The van der Waals surface area contributed by atoms with E-state index in [0.717, 1.165) is 31.9 Å². The molecule has 0 bridgehead atoms. The molecule has 0 spiro atoms. The molecular formula is C24H26FN3O2. The highest BCUT2D eigenvalue weighted by atomic mass is 19.1. The molecule has 0 unspecified atom stereocenters. The second-order valence-corrected chi connectivity index (χ2v) is 8.49. The second-order valence-electron chi connectivity index (χ2n) is 8.49. The van der Waals surface area contributed by atoms with E-state index in [1.165, 1.54) is 42.7 Å². The van der Waals surface area contributed by atoms with E-state index in [1.54, 1.807) is 18.2 Å². The average Bonchev–Trinajstić information content (AvgIpc) is 3.38. The number of carbonyl (C=O) groups excluding carboxylic acids is 2. The predicted molar refractivity (Wildman–Crippen MR) is 113 cm³/mol. The number of rotatable bonds is 4. The van der Waals surface area contributed by atoms with Gasteiger partial charge in [0.15, 0.2) is 0 Å². The Hall–Kier alpha value is -2.73. The minimum Gasteiger partial charge on any atom is -0.368 e. The maximum Gasteiger partial charge on any atom is 0.263 e. The molecule has 6 heteroatoms. The Balaban J connectivity index is 1.36. The van der Waals surface area contributed by atoms with E-state index in [4.69, 9.17) is 0 Å². The average molecular weight is 407 g/mol. The van der Waals surface area contributed by atoms with E-state index >= 15 is 0 Å². The molecule has 2 amide bonds. The Labute approximate surface area is 176 Å². The zero-order valence-electron chi connectivity index (χ0n) is 17.0. The van der Waals surface area contributed by atoms with Gasteiger partial charge in [0.1, 0.15) is 5.82 Å². The number of hydrogen-bond donors (Lipinski definition) is 0. The summed E-state index contributed by atoms with van der Waals surface area (Å²) in [7, 11) is 0. The van der Waals surface area contributed by atoms with Gasteiger partial charge in [-0.1, -0.05) is 31.0 Å². The van der Waals surface area contributed by atoms with Crippen LogP contribution in [0.4, 0.5) is 10.1 Å². The highest BCUT2D eigenvalue weighted by molar-refractivity contribution is 6.23. The zero-order valence-corrected chi connectivity index (χ0v) is 17.0. The summed E-state index contributed by atoms with van der Waals surface area (Å²) in [5.74, 6) is -0.955. The van der Waals surface area contributed by atoms with Gasteiger partial charge in [-0.2, -0.15) is 0 Å². The fourth-order valence-electron chi connectivity index (χ4n) is 5.14. The lowest BCUT2D eigenvalue weighted by Crippen LogP contribution is -2.50. The van der Waals surface area contributed by atoms with Gasteiger partial charge in [-0.05, 0) is 42.7 Å². The minimum atomic E-state index is -0.370. The highest BCUT2D eigenvalue weighted by Crippen LogP contribution is 2.34. The van der Waals surface area contributed by atoms with E-state index < -0.39 is 0 Å².